The fourth-order valence-electron chi connectivity index (χ4n) is 1.28. The molecule has 0 rings (SSSR count). The van der Waals surface area contributed by atoms with E-state index >= 15 is 0 Å². The zero-order valence-corrected chi connectivity index (χ0v) is 8.97. The van der Waals surface area contributed by atoms with Gasteiger partial charge < -0.3 is 4.74 Å². The van der Waals surface area contributed by atoms with Crippen molar-refractivity contribution in [3.05, 3.63) is 0 Å². The van der Waals surface area contributed by atoms with Gasteiger partial charge in [-0.15, -0.1) is 0 Å². The summed E-state index contributed by atoms with van der Waals surface area (Å²) in [5.41, 5.74) is -0.372. The van der Waals surface area contributed by atoms with Gasteiger partial charge in [-0.1, -0.05) is 20.8 Å². The molecule has 2 nitrogen and oxygen atoms in total. The predicted octanol–water partition coefficient (Wildman–Crippen LogP) is 2.48. The maximum Gasteiger partial charge on any atom is 0.311 e. The maximum absolute atomic E-state index is 11.4. The van der Waals surface area contributed by atoms with Crippen LogP contribution in [-0.4, -0.2) is 13.1 Å². The normalized spacial score (nSPS) is 14.6. The van der Waals surface area contributed by atoms with Crippen molar-refractivity contribution >= 4 is 5.97 Å². The van der Waals surface area contributed by atoms with E-state index in [9.17, 15) is 4.79 Å². The van der Waals surface area contributed by atoms with Gasteiger partial charge in [0.05, 0.1) is 12.5 Å². The number of carbonyl (C=O) groups is 1. The molecule has 0 saturated heterocycles. The molecule has 1 atom stereocenters. The molecule has 0 heterocycles. The summed E-state index contributed by atoms with van der Waals surface area (Å²) in [6.07, 6.45) is 0. The Morgan fingerprint density at radius 1 is 1.25 bits per heavy atom. The lowest BCUT2D eigenvalue weighted by atomic mass is 9.74. The molecule has 0 amide bonds. The molecule has 0 N–H and O–H groups in total. The van der Waals surface area contributed by atoms with Gasteiger partial charge in [0.25, 0.3) is 0 Å². The van der Waals surface area contributed by atoms with Crippen LogP contribution in [0.2, 0.25) is 0 Å². The van der Waals surface area contributed by atoms with E-state index in [2.05, 4.69) is 20.8 Å². The average Bonchev–Trinajstić information content (AvgIpc) is 2.01. The summed E-state index contributed by atoms with van der Waals surface area (Å²) in [5, 5.41) is 0. The number of esters is 1. The van der Waals surface area contributed by atoms with Crippen LogP contribution in [0.5, 0.6) is 0 Å². The zero-order chi connectivity index (χ0) is 9.94. The summed E-state index contributed by atoms with van der Waals surface area (Å²) in [7, 11) is 1.44. The Labute approximate surface area is 75.3 Å². The van der Waals surface area contributed by atoms with Crippen LogP contribution in [0.3, 0.4) is 0 Å². The van der Waals surface area contributed by atoms with Gasteiger partial charge >= 0.3 is 5.97 Å². The second-order valence-corrected chi connectivity index (χ2v) is 4.25. The smallest absolute Gasteiger partial charge is 0.311 e. The lowest BCUT2D eigenvalue weighted by Crippen LogP contribution is -2.35. The summed E-state index contributed by atoms with van der Waals surface area (Å²) in [6, 6.07) is 0. The summed E-state index contributed by atoms with van der Waals surface area (Å²) in [6.45, 7) is 10.2. The van der Waals surface area contributed by atoms with Crippen LogP contribution in [0.25, 0.3) is 0 Å². The standard InChI is InChI=1S/C10H20O2/c1-7(2)8(3)10(4,5)9(11)12-6/h7-8H,1-6H3. The van der Waals surface area contributed by atoms with Gasteiger partial charge in [-0.05, 0) is 25.7 Å². The predicted molar refractivity (Wildman–Crippen MR) is 49.8 cm³/mol. The monoisotopic (exact) mass is 172 g/mol. The third-order valence-electron chi connectivity index (χ3n) is 2.85. The Morgan fingerprint density at radius 3 is 1.92 bits per heavy atom. The molecule has 0 aliphatic heterocycles. The fourth-order valence-corrected chi connectivity index (χ4v) is 1.28. The molecule has 0 radical (unpaired) electrons. The molecular weight excluding hydrogens is 152 g/mol. The van der Waals surface area contributed by atoms with Crippen molar-refractivity contribution in [1.82, 2.24) is 0 Å². The van der Waals surface area contributed by atoms with E-state index in [4.69, 9.17) is 4.74 Å². The molecule has 72 valence electrons. The van der Waals surface area contributed by atoms with Crippen LogP contribution >= 0.6 is 0 Å². The van der Waals surface area contributed by atoms with E-state index in [-0.39, 0.29) is 11.4 Å². The molecule has 0 aliphatic rings. The highest BCUT2D eigenvalue weighted by molar-refractivity contribution is 5.76. The minimum atomic E-state index is -0.372. The van der Waals surface area contributed by atoms with Gasteiger partial charge in [0.1, 0.15) is 0 Å². The molecule has 0 saturated carbocycles. The van der Waals surface area contributed by atoms with Crippen LogP contribution < -0.4 is 0 Å². The number of hydrogen-bond donors (Lipinski definition) is 0. The Morgan fingerprint density at radius 2 is 1.67 bits per heavy atom. The van der Waals surface area contributed by atoms with Crippen LogP contribution in [0.4, 0.5) is 0 Å². The molecule has 0 aromatic rings. The maximum atomic E-state index is 11.4. The first-order chi connectivity index (χ1) is 5.34. The van der Waals surface area contributed by atoms with Crippen molar-refractivity contribution in [3.63, 3.8) is 0 Å². The van der Waals surface area contributed by atoms with Gasteiger partial charge in [-0.3, -0.25) is 4.79 Å². The van der Waals surface area contributed by atoms with E-state index in [0.29, 0.717) is 11.8 Å². The molecule has 0 aromatic carbocycles. The summed E-state index contributed by atoms with van der Waals surface area (Å²) in [5.74, 6) is 0.716. The third kappa shape index (κ3) is 2.23. The molecule has 0 bridgehead atoms. The van der Waals surface area contributed by atoms with Crippen molar-refractivity contribution < 1.29 is 9.53 Å². The highest BCUT2D eigenvalue weighted by Gasteiger charge is 2.36. The number of carbonyl (C=O) groups excluding carboxylic acids is 1. The molecule has 1 unspecified atom stereocenters. The van der Waals surface area contributed by atoms with Crippen molar-refractivity contribution in [2.45, 2.75) is 34.6 Å². The van der Waals surface area contributed by atoms with Crippen molar-refractivity contribution in [1.29, 1.82) is 0 Å². The van der Waals surface area contributed by atoms with E-state index in [1.54, 1.807) is 0 Å². The van der Waals surface area contributed by atoms with Crippen LogP contribution in [-0.2, 0) is 9.53 Å². The molecule has 0 aliphatic carbocycles. The number of methoxy groups -OCH3 is 1. The lowest BCUT2D eigenvalue weighted by Gasteiger charge is -2.31. The minimum absolute atomic E-state index is 0.122. The van der Waals surface area contributed by atoms with Crippen molar-refractivity contribution in [2.75, 3.05) is 7.11 Å². The van der Waals surface area contributed by atoms with Gasteiger partial charge in [0, 0.05) is 0 Å². The minimum Gasteiger partial charge on any atom is -0.469 e. The first-order valence-corrected chi connectivity index (χ1v) is 4.42. The number of rotatable bonds is 3. The Hall–Kier alpha value is -0.530. The molecule has 12 heavy (non-hydrogen) atoms. The molecular formula is C10H20O2. The SMILES string of the molecule is COC(=O)C(C)(C)C(C)C(C)C. The van der Waals surface area contributed by atoms with Gasteiger partial charge in [-0.2, -0.15) is 0 Å². The van der Waals surface area contributed by atoms with Crippen molar-refractivity contribution in [2.24, 2.45) is 17.3 Å². The second-order valence-electron chi connectivity index (χ2n) is 4.25. The summed E-state index contributed by atoms with van der Waals surface area (Å²) in [4.78, 5) is 11.4. The van der Waals surface area contributed by atoms with Gasteiger partial charge in [0.2, 0.25) is 0 Å². The largest absolute Gasteiger partial charge is 0.469 e. The van der Waals surface area contributed by atoms with E-state index in [1.807, 2.05) is 13.8 Å². The van der Waals surface area contributed by atoms with Gasteiger partial charge in [-0.25, -0.2) is 0 Å². The quantitative estimate of drug-likeness (QED) is 0.611. The highest BCUT2D eigenvalue weighted by atomic mass is 16.5. The number of ether oxygens (including phenoxy) is 1. The first-order valence-electron chi connectivity index (χ1n) is 4.42. The second kappa shape index (κ2) is 3.92. The average molecular weight is 172 g/mol. The molecule has 0 fully saturated rings. The summed E-state index contributed by atoms with van der Waals surface area (Å²) >= 11 is 0. The van der Waals surface area contributed by atoms with Gasteiger partial charge in [0.15, 0.2) is 0 Å². The molecule has 0 spiro atoms. The highest BCUT2D eigenvalue weighted by Crippen LogP contribution is 2.33. The topological polar surface area (TPSA) is 26.3 Å². The zero-order valence-electron chi connectivity index (χ0n) is 8.97. The fraction of sp³-hybridized carbons (Fsp3) is 0.900. The Balaban J connectivity index is 4.48. The summed E-state index contributed by atoms with van der Waals surface area (Å²) < 4.78 is 4.75. The first kappa shape index (κ1) is 11.5. The lowest BCUT2D eigenvalue weighted by molar-refractivity contribution is -0.154. The van der Waals surface area contributed by atoms with E-state index in [0.717, 1.165) is 0 Å². The van der Waals surface area contributed by atoms with Crippen LogP contribution in [0.15, 0.2) is 0 Å². The van der Waals surface area contributed by atoms with Crippen molar-refractivity contribution in [3.8, 4) is 0 Å². The molecule has 2 heteroatoms. The van der Waals surface area contributed by atoms with Crippen LogP contribution in [0, 0.1) is 17.3 Å². The molecule has 0 aromatic heterocycles. The Bertz CT molecular complexity index is 159. The van der Waals surface area contributed by atoms with E-state index in [1.165, 1.54) is 7.11 Å². The van der Waals surface area contributed by atoms with E-state index < -0.39 is 0 Å². The number of hydrogen-bond acceptors (Lipinski definition) is 2. The third-order valence-corrected chi connectivity index (χ3v) is 2.85. The van der Waals surface area contributed by atoms with Crippen LogP contribution in [0.1, 0.15) is 34.6 Å². The Kier molecular flexibility index (Phi) is 3.75.